The molecular formula is C23H25NO4. The summed E-state index contributed by atoms with van der Waals surface area (Å²) in [5.74, 6) is 0.582. The summed E-state index contributed by atoms with van der Waals surface area (Å²) in [7, 11) is 1.65. The second-order valence-corrected chi connectivity index (χ2v) is 6.99. The van der Waals surface area contributed by atoms with Gasteiger partial charge < -0.3 is 13.9 Å². The SMILES string of the molecule is CCOC(=O)c1c(-c2cc(C(C)C)c(OC)cc2C)c(C=O)n2ccccc12. The Kier molecular flexibility index (Phi) is 5.54. The van der Waals surface area contributed by atoms with Crippen LogP contribution < -0.4 is 4.74 Å². The van der Waals surface area contributed by atoms with Crippen molar-refractivity contribution >= 4 is 17.8 Å². The van der Waals surface area contributed by atoms with Crippen LogP contribution in [0.3, 0.4) is 0 Å². The predicted molar refractivity (Wildman–Crippen MR) is 110 cm³/mol. The van der Waals surface area contributed by atoms with E-state index in [1.54, 1.807) is 24.6 Å². The average molecular weight is 379 g/mol. The second kappa shape index (κ2) is 7.89. The van der Waals surface area contributed by atoms with Crippen LogP contribution in [0.1, 0.15) is 58.7 Å². The van der Waals surface area contributed by atoms with Gasteiger partial charge in [0.15, 0.2) is 6.29 Å². The molecule has 0 aliphatic carbocycles. The zero-order valence-electron chi connectivity index (χ0n) is 16.9. The van der Waals surface area contributed by atoms with E-state index in [1.165, 1.54) is 0 Å². The lowest BCUT2D eigenvalue weighted by Crippen LogP contribution is -2.06. The first kappa shape index (κ1) is 19.7. The van der Waals surface area contributed by atoms with E-state index in [1.807, 2.05) is 37.3 Å². The van der Waals surface area contributed by atoms with Crippen molar-refractivity contribution in [3.8, 4) is 16.9 Å². The van der Waals surface area contributed by atoms with Gasteiger partial charge in [-0.3, -0.25) is 4.79 Å². The van der Waals surface area contributed by atoms with Gasteiger partial charge >= 0.3 is 5.97 Å². The van der Waals surface area contributed by atoms with Crippen molar-refractivity contribution in [1.82, 2.24) is 4.40 Å². The quantitative estimate of drug-likeness (QED) is 0.445. The van der Waals surface area contributed by atoms with E-state index in [4.69, 9.17) is 9.47 Å². The summed E-state index contributed by atoms with van der Waals surface area (Å²) in [6.45, 7) is 8.15. The van der Waals surface area contributed by atoms with E-state index in [0.717, 1.165) is 28.7 Å². The minimum absolute atomic E-state index is 0.219. The Morgan fingerprint density at radius 2 is 2.00 bits per heavy atom. The predicted octanol–water partition coefficient (Wildman–Crippen LogP) is 5.04. The molecule has 0 amide bonds. The number of pyridine rings is 1. The maximum absolute atomic E-state index is 12.9. The molecule has 3 rings (SSSR count). The van der Waals surface area contributed by atoms with E-state index in [0.29, 0.717) is 22.3 Å². The highest BCUT2D eigenvalue weighted by atomic mass is 16.5. The lowest BCUT2D eigenvalue weighted by atomic mass is 9.91. The van der Waals surface area contributed by atoms with Crippen molar-refractivity contribution in [1.29, 1.82) is 0 Å². The summed E-state index contributed by atoms with van der Waals surface area (Å²) in [6.07, 6.45) is 2.58. The number of rotatable bonds is 6. The van der Waals surface area contributed by atoms with E-state index in [2.05, 4.69) is 13.8 Å². The molecule has 0 spiro atoms. The van der Waals surface area contributed by atoms with Crippen molar-refractivity contribution in [2.45, 2.75) is 33.6 Å². The topological polar surface area (TPSA) is 57.0 Å². The molecule has 0 aliphatic heterocycles. The molecule has 0 bridgehead atoms. The molecule has 0 saturated carbocycles. The molecule has 0 unspecified atom stereocenters. The van der Waals surface area contributed by atoms with E-state index >= 15 is 0 Å². The Balaban J connectivity index is 2.43. The van der Waals surface area contributed by atoms with Crippen LogP contribution in [-0.4, -0.2) is 30.4 Å². The number of carbonyl (C=O) groups is 2. The Morgan fingerprint density at radius 3 is 2.61 bits per heavy atom. The maximum atomic E-state index is 12.9. The highest BCUT2D eigenvalue weighted by molar-refractivity contribution is 6.09. The average Bonchev–Trinajstić information content (AvgIpc) is 3.01. The molecule has 3 aromatic rings. The molecule has 28 heavy (non-hydrogen) atoms. The van der Waals surface area contributed by atoms with Crippen molar-refractivity contribution in [2.75, 3.05) is 13.7 Å². The van der Waals surface area contributed by atoms with E-state index < -0.39 is 5.97 Å². The van der Waals surface area contributed by atoms with E-state index in [-0.39, 0.29) is 12.5 Å². The fourth-order valence-electron chi connectivity index (χ4n) is 3.63. The first-order valence-corrected chi connectivity index (χ1v) is 9.38. The largest absolute Gasteiger partial charge is 0.496 e. The van der Waals surface area contributed by atoms with Gasteiger partial charge in [-0.2, -0.15) is 0 Å². The van der Waals surface area contributed by atoms with Gasteiger partial charge in [0.25, 0.3) is 0 Å². The summed E-state index contributed by atoms with van der Waals surface area (Å²) in [6, 6.07) is 9.47. The number of hydrogen-bond donors (Lipinski definition) is 0. The molecule has 0 aliphatic rings. The number of ether oxygens (including phenoxy) is 2. The zero-order chi connectivity index (χ0) is 20.4. The van der Waals surface area contributed by atoms with Crippen LogP contribution >= 0.6 is 0 Å². The zero-order valence-corrected chi connectivity index (χ0v) is 16.9. The molecule has 2 aromatic heterocycles. The maximum Gasteiger partial charge on any atom is 0.340 e. The number of methoxy groups -OCH3 is 1. The first-order valence-electron chi connectivity index (χ1n) is 9.38. The number of nitrogens with zero attached hydrogens (tertiary/aromatic N) is 1. The fourth-order valence-corrected chi connectivity index (χ4v) is 3.63. The summed E-state index contributed by atoms with van der Waals surface area (Å²) in [5.41, 5.74) is 4.87. The number of carbonyl (C=O) groups excluding carboxylic acids is 2. The summed E-state index contributed by atoms with van der Waals surface area (Å²) >= 11 is 0. The molecule has 0 N–H and O–H groups in total. The van der Waals surface area contributed by atoms with E-state index in [9.17, 15) is 9.59 Å². The first-order chi connectivity index (χ1) is 13.4. The molecule has 5 heteroatoms. The van der Waals surface area contributed by atoms with Gasteiger partial charge in [-0.25, -0.2) is 4.79 Å². The highest BCUT2D eigenvalue weighted by Crippen LogP contribution is 2.39. The van der Waals surface area contributed by atoms with Gasteiger partial charge in [0, 0.05) is 11.8 Å². The third-order valence-corrected chi connectivity index (χ3v) is 4.94. The van der Waals surface area contributed by atoms with Crippen molar-refractivity contribution < 1.29 is 19.1 Å². The fraction of sp³-hybridized carbons (Fsp3) is 0.304. The molecule has 0 atom stereocenters. The Labute approximate surface area is 164 Å². The highest BCUT2D eigenvalue weighted by Gasteiger charge is 2.27. The molecular weight excluding hydrogens is 354 g/mol. The second-order valence-electron chi connectivity index (χ2n) is 6.99. The lowest BCUT2D eigenvalue weighted by Gasteiger charge is -2.17. The van der Waals surface area contributed by atoms with Gasteiger partial charge in [-0.15, -0.1) is 0 Å². The molecule has 0 saturated heterocycles. The monoisotopic (exact) mass is 379 g/mol. The molecule has 5 nitrogen and oxygen atoms in total. The molecule has 0 fully saturated rings. The Bertz CT molecular complexity index is 1050. The normalized spacial score (nSPS) is 11.1. The Morgan fingerprint density at radius 1 is 1.25 bits per heavy atom. The van der Waals surface area contributed by atoms with Crippen molar-refractivity contribution in [3.05, 3.63) is 58.9 Å². The molecule has 2 heterocycles. The number of benzene rings is 1. The Hall–Kier alpha value is -3.08. The minimum Gasteiger partial charge on any atom is -0.496 e. The van der Waals surface area contributed by atoms with Crippen LogP contribution in [0.4, 0.5) is 0 Å². The summed E-state index contributed by atoms with van der Waals surface area (Å²) in [4.78, 5) is 24.9. The van der Waals surface area contributed by atoms with Gasteiger partial charge in [0.1, 0.15) is 5.75 Å². The minimum atomic E-state index is -0.435. The number of fused-ring (bicyclic) bond motifs is 1. The van der Waals surface area contributed by atoms with Crippen LogP contribution in [0.5, 0.6) is 5.75 Å². The van der Waals surface area contributed by atoms with Crippen molar-refractivity contribution in [3.63, 3.8) is 0 Å². The third kappa shape index (κ3) is 3.17. The number of hydrogen-bond acceptors (Lipinski definition) is 4. The molecule has 1 aromatic carbocycles. The van der Waals surface area contributed by atoms with Crippen molar-refractivity contribution in [2.24, 2.45) is 0 Å². The molecule has 0 radical (unpaired) electrons. The van der Waals surface area contributed by atoms with Crippen LogP contribution in [0.25, 0.3) is 16.6 Å². The van der Waals surface area contributed by atoms with Crippen LogP contribution in [-0.2, 0) is 4.74 Å². The van der Waals surface area contributed by atoms with Crippen LogP contribution in [0.15, 0.2) is 36.5 Å². The van der Waals surface area contributed by atoms with Crippen LogP contribution in [0.2, 0.25) is 0 Å². The third-order valence-electron chi connectivity index (χ3n) is 4.94. The van der Waals surface area contributed by atoms with Gasteiger partial charge in [0.2, 0.25) is 0 Å². The summed E-state index contributed by atoms with van der Waals surface area (Å²) in [5, 5.41) is 0. The lowest BCUT2D eigenvalue weighted by molar-refractivity contribution is 0.0529. The summed E-state index contributed by atoms with van der Waals surface area (Å²) < 4.78 is 12.6. The van der Waals surface area contributed by atoms with Gasteiger partial charge in [-0.05, 0) is 60.7 Å². The number of aldehydes is 1. The molecule has 146 valence electrons. The number of aromatic nitrogens is 1. The smallest absolute Gasteiger partial charge is 0.340 e. The van der Waals surface area contributed by atoms with Gasteiger partial charge in [-0.1, -0.05) is 19.9 Å². The standard InChI is InChI=1S/C23H25NO4/c1-6-28-23(26)22-18-9-7-8-10-24(18)19(13-25)21(22)17-12-16(14(2)3)20(27-5)11-15(17)4/h7-14H,6H2,1-5H3. The number of aryl methyl sites for hydroxylation is 1. The van der Waals surface area contributed by atoms with Crippen LogP contribution in [0, 0.1) is 6.92 Å². The van der Waals surface area contributed by atoms with Gasteiger partial charge in [0.05, 0.1) is 30.5 Å². The number of esters is 1.